The van der Waals surface area contributed by atoms with Crippen molar-refractivity contribution in [2.24, 2.45) is 0 Å². The molecule has 4 heteroatoms. The zero-order valence-corrected chi connectivity index (χ0v) is 19.1. The van der Waals surface area contributed by atoms with E-state index in [0.717, 1.165) is 28.3 Å². The van der Waals surface area contributed by atoms with Gasteiger partial charge in [-0.1, -0.05) is 97.1 Å². The molecule has 1 aliphatic rings. The molecule has 4 aromatic rings. The molecule has 0 radical (unpaired) electrons. The van der Waals surface area contributed by atoms with E-state index in [1.807, 2.05) is 53.4 Å². The number of nitrogens with one attached hydrogen (secondary N) is 1. The molecule has 170 valence electrons. The molecule has 0 bridgehead atoms. The summed E-state index contributed by atoms with van der Waals surface area (Å²) in [6.45, 7) is 1.12. The number of hydrogen-bond donors (Lipinski definition) is 1. The van der Waals surface area contributed by atoms with Crippen LogP contribution in [0.4, 0.5) is 0 Å². The van der Waals surface area contributed by atoms with Gasteiger partial charge in [0.25, 0.3) is 0 Å². The summed E-state index contributed by atoms with van der Waals surface area (Å²) in [5, 5.41) is 5.29. The molecule has 5 rings (SSSR count). The molecule has 0 fully saturated rings. The summed E-state index contributed by atoms with van der Waals surface area (Å²) in [7, 11) is 0. The van der Waals surface area contributed by atoms with Gasteiger partial charge in [-0.2, -0.15) is 0 Å². The average Bonchev–Trinajstić information content (AvgIpc) is 2.90. The first-order valence-corrected chi connectivity index (χ1v) is 11.9. The number of carbonyl (C=O) groups is 2. The van der Waals surface area contributed by atoms with E-state index < -0.39 is 0 Å². The number of amides is 2. The zero-order chi connectivity index (χ0) is 23.3. The van der Waals surface area contributed by atoms with Crippen molar-refractivity contribution < 1.29 is 9.59 Å². The van der Waals surface area contributed by atoms with Gasteiger partial charge in [0.1, 0.15) is 0 Å². The topological polar surface area (TPSA) is 49.4 Å². The molecule has 0 saturated heterocycles. The van der Waals surface area contributed by atoms with Crippen molar-refractivity contribution in [1.82, 2.24) is 10.2 Å². The lowest BCUT2D eigenvalue weighted by Gasteiger charge is -2.38. The van der Waals surface area contributed by atoms with Gasteiger partial charge in [-0.05, 0) is 39.4 Å². The summed E-state index contributed by atoms with van der Waals surface area (Å²) in [5.74, 6) is -0.0846. The third-order valence-electron chi connectivity index (χ3n) is 6.64. The Morgan fingerprint density at radius 3 is 2.41 bits per heavy atom. The van der Waals surface area contributed by atoms with E-state index in [1.54, 1.807) is 0 Å². The summed E-state index contributed by atoms with van der Waals surface area (Å²) < 4.78 is 0. The minimum Gasteiger partial charge on any atom is -0.352 e. The lowest BCUT2D eigenvalue weighted by molar-refractivity contribution is -0.135. The van der Waals surface area contributed by atoms with E-state index in [0.29, 0.717) is 13.1 Å². The highest BCUT2D eigenvalue weighted by atomic mass is 16.2. The number of nitrogens with zero attached hydrogens (tertiary/aromatic N) is 1. The van der Waals surface area contributed by atoms with E-state index in [9.17, 15) is 9.59 Å². The highest BCUT2D eigenvalue weighted by Gasteiger charge is 2.31. The number of carbonyl (C=O) groups excluding carboxylic acids is 2. The van der Waals surface area contributed by atoms with Crippen LogP contribution in [-0.2, 0) is 22.6 Å². The van der Waals surface area contributed by atoms with Crippen molar-refractivity contribution in [3.8, 4) is 0 Å². The average molecular weight is 449 g/mol. The zero-order valence-electron chi connectivity index (χ0n) is 19.1. The van der Waals surface area contributed by atoms with Gasteiger partial charge < -0.3 is 10.2 Å². The summed E-state index contributed by atoms with van der Waals surface area (Å²) in [5.41, 5.74) is 4.64. The van der Waals surface area contributed by atoms with Crippen LogP contribution in [0.3, 0.4) is 0 Å². The Bertz CT molecular complexity index is 1310. The first-order chi connectivity index (χ1) is 16.7. The highest BCUT2D eigenvalue weighted by Crippen LogP contribution is 2.35. The van der Waals surface area contributed by atoms with Crippen molar-refractivity contribution in [3.63, 3.8) is 0 Å². The Labute approximate surface area is 200 Å². The molecule has 0 unspecified atom stereocenters. The third-order valence-corrected chi connectivity index (χ3v) is 6.64. The van der Waals surface area contributed by atoms with Gasteiger partial charge in [0.05, 0.1) is 6.04 Å². The Morgan fingerprint density at radius 1 is 0.794 bits per heavy atom. The molecular formula is C30H28N2O2. The second-order valence-corrected chi connectivity index (χ2v) is 8.76. The van der Waals surface area contributed by atoms with Crippen molar-refractivity contribution in [2.45, 2.75) is 31.8 Å². The normalized spacial score (nSPS) is 15.1. The Hall–Kier alpha value is -3.92. The molecule has 0 aromatic heterocycles. The SMILES string of the molecule is O=C(CCC(=O)N1CCc2ccccc2[C@H]1c1ccccc1)NCc1cccc2ccccc12. The summed E-state index contributed by atoms with van der Waals surface area (Å²) in [6.07, 6.45) is 1.22. The van der Waals surface area contributed by atoms with Gasteiger partial charge in [-0.25, -0.2) is 0 Å². The number of fused-ring (bicyclic) bond motifs is 2. The first-order valence-electron chi connectivity index (χ1n) is 11.9. The molecule has 1 heterocycles. The fraction of sp³-hybridized carbons (Fsp3) is 0.200. The molecule has 1 N–H and O–H groups in total. The number of benzene rings is 4. The van der Waals surface area contributed by atoms with Crippen LogP contribution in [0.25, 0.3) is 10.8 Å². The molecular weight excluding hydrogens is 420 g/mol. The smallest absolute Gasteiger partial charge is 0.223 e. The van der Waals surface area contributed by atoms with Crippen LogP contribution in [-0.4, -0.2) is 23.3 Å². The monoisotopic (exact) mass is 448 g/mol. The Morgan fingerprint density at radius 2 is 1.53 bits per heavy atom. The molecule has 0 aliphatic carbocycles. The predicted octanol–water partition coefficient (Wildman–Crippen LogP) is 5.41. The van der Waals surface area contributed by atoms with Crippen LogP contribution >= 0.6 is 0 Å². The van der Waals surface area contributed by atoms with Gasteiger partial charge >= 0.3 is 0 Å². The van der Waals surface area contributed by atoms with Crippen LogP contribution in [0.1, 0.15) is 41.1 Å². The maximum absolute atomic E-state index is 13.3. The Kier molecular flexibility index (Phi) is 6.39. The largest absolute Gasteiger partial charge is 0.352 e. The molecule has 4 nitrogen and oxygen atoms in total. The van der Waals surface area contributed by atoms with Gasteiger partial charge in [0.2, 0.25) is 11.8 Å². The van der Waals surface area contributed by atoms with Crippen LogP contribution in [0.15, 0.2) is 97.1 Å². The minimum absolute atomic E-state index is 0.0173. The van der Waals surface area contributed by atoms with E-state index in [-0.39, 0.29) is 30.7 Å². The maximum Gasteiger partial charge on any atom is 0.223 e. The fourth-order valence-electron chi connectivity index (χ4n) is 4.92. The third kappa shape index (κ3) is 4.58. The van der Waals surface area contributed by atoms with Crippen LogP contribution < -0.4 is 5.32 Å². The standard InChI is InChI=1S/C30H28N2O2/c33-28(31-21-25-14-8-13-22-9-4-6-15-26(22)25)17-18-29(34)32-20-19-23-10-5-7-16-27(23)30(32)24-11-2-1-3-12-24/h1-16,30H,17-21H2,(H,31,33)/t30-/m1/s1. The lowest BCUT2D eigenvalue weighted by atomic mass is 9.88. The molecule has 2 amide bonds. The highest BCUT2D eigenvalue weighted by molar-refractivity contribution is 5.87. The van der Waals surface area contributed by atoms with Gasteiger partial charge in [-0.15, -0.1) is 0 Å². The predicted molar refractivity (Wildman–Crippen MR) is 135 cm³/mol. The van der Waals surface area contributed by atoms with Crippen molar-refractivity contribution in [2.75, 3.05) is 6.54 Å². The summed E-state index contributed by atoms with van der Waals surface area (Å²) >= 11 is 0. The Balaban J connectivity index is 1.25. The number of hydrogen-bond acceptors (Lipinski definition) is 2. The van der Waals surface area contributed by atoms with Crippen LogP contribution in [0.5, 0.6) is 0 Å². The molecule has 4 aromatic carbocycles. The van der Waals surface area contributed by atoms with Gasteiger partial charge in [-0.3, -0.25) is 9.59 Å². The molecule has 1 atom stereocenters. The quantitative estimate of drug-likeness (QED) is 0.429. The number of rotatable bonds is 6. The van der Waals surface area contributed by atoms with E-state index in [1.165, 1.54) is 11.1 Å². The second kappa shape index (κ2) is 9.92. The molecule has 1 aliphatic heterocycles. The van der Waals surface area contributed by atoms with Gasteiger partial charge in [0, 0.05) is 25.9 Å². The van der Waals surface area contributed by atoms with E-state index in [4.69, 9.17) is 0 Å². The summed E-state index contributed by atoms with van der Waals surface area (Å²) in [4.78, 5) is 27.8. The van der Waals surface area contributed by atoms with E-state index in [2.05, 4.69) is 53.8 Å². The fourth-order valence-corrected chi connectivity index (χ4v) is 4.92. The molecule has 34 heavy (non-hydrogen) atoms. The lowest BCUT2D eigenvalue weighted by Crippen LogP contribution is -2.41. The maximum atomic E-state index is 13.3. The second-order valence-electron chi connectivity index (χ2n) is 8.76. The van der Waals surface area contributed by atoms with Crippen LogP contribution in [0.2, 0.25) is 0 Å². The molecule has 0 spiro atoms. The van der Waals surface area contributed by atoms with Gasteiger partial charge in [0.15, 0.2) is 0 Å². The van der Waals surface area contributed by atoms with Crippen molar-refractivity contribution in [3.05, 3.63) is 119 Å². The van der Waals surface area contributed by atoms with Crippen molar-refractivity contribution in [1.29, 1.82) is 0 Å². The van der Waals surface area contributed by atoms with Crippen molar-refractivity contribution >= 4 is 22.6 Å². The molecule has 0 saturated carbocycles. The first kappa shape index (κ1) is 21.9. The summed E-state index contributed by atoms with van der Waals surface area (Å²) in [6, 6.07) is 32.6. The van der Waals surface area contributed by atoms with Crippen LogP contribution in [0, 0.1) is 0 Å². The van der Waals surface area contributed by atoms with E-state index >= 15 is 0 Å². The minimum atomic E-state index is -0.114.